The van der Waals surface area contributed by atoms with Gasteiger partial charge in [0.2, 0.25) is 0 Å². The van der Waals surface area contributed by atoms with E-state index in [-0.39, 0.29) is 11.7 Å². The molecule has 3 rings (SSSR count). The third-order valence-corrected chi connectivity index (χ3v) is 4.10. The molecule has 3 nitrogen and oxygen atoms in total. The molecule has 1 aliphatic heterocycles. The molecule has 2 aromatic rings. The number of carbonyl (C=O) groups is 1. The van der Waals surface area contributed by atoms with Crippen molar-refractivity contribution in [2.75, 3.05) is 23.3 Å². The van der Waals surface area contributed by atoms with Crippen molar-refractivity contribution in [2.24, 2.45) is 0 Å². The zero-order chi connectivity index (χ0) is 15.5. The highest BCUT2D eigenvalue weighted by molar-refractivity contribution is 6.34. The van der Waals surface area contributed by atoms with Gasteiger partial charge in [-0.3, -0.25) is 4.79 Å². The van der Waals surface area contributed by atoms with Crippen molar-refractivity contribution in [1.82, 2.24) is 0 Å². The lowest BCUT2D eigenvalue weighted by molar-refractivity contribution is 0.102. The minimum absolute atomic E-state index is 0.336. The van der Waals surface area contributed by atoms with Crippen molar-refractivity contribution < 1.29 is 9.18 Å². The molecule has 1 saturated heterocycles. The standard InChI is InChI=1S/C17H16ClFN2O/c18-14-6-2-1-5-13(14)17(22)20-15-11-12(19)7-8-16(15)21-9-3-4-10-21/h1-2,5-8,11H,3-4,9-10H2,(H,20,22). The molecule has 0 radical (unpaired) electrons. The van der Waals surface area contributed by atoms with Gasteiger partial charge in [0.1, 0.15) is 5.82 Å². The molecule has 114 valence electrons. The maximum atomic E-state index is 13.6. The Morgan fingerprint density at radius 1 is 1.14 bits per heavy atom. The largest absolute Gasteiger partial charge is 0.370 e. The second kappa shape index (κ2) is 6.36. The van der Waals surface area contributed by atoms with Gasteiger partial charge in [0, 0.05) is 13.1 Å². The van der Waals surface area contributed by atoms with Crippen molar-refractivity contribution in [3.8, 4) is 0 Å². The molecule has 0 saturated carbocycles. The molecular weight excluding hydrogens is 303 g/mol. The van der Waals surface area contributed by atoms with E-state index >= 15 is 0 Å². The Bertz CT molecular complexity index is 699. The van der Waals surface area contributed by atoms with Crippen LogP contribution in [0.1, 0.15) is 23.2 Å². The average molecular weight is 319 g/mol. The molecule has 1 amide bonds. The minimum atomic E-state index is -0.377. The van der Waals surface area contributed by atoms with Crippen molar-refractivity contribution in [1.29, 1.82) is 0 Å². The van der Waals surface area contributed by atoms with E-state index in [1.807, 2.05) is 0 Å². The molecule has 1 fully saturated rings. The first-order valence-electron chi connectivity index (χ1n) is 7.25. The van der Waals surface area contributed by atoms with Crippen LogP contribution in [-0.4, -0.2) is 19.0 Å². The Morgan fingerprint density at radius 3 is 2.59 bits per heavy atom. The van der Waals surface area contributed by atoms with Gasteiger partial charge in [0.25, 0.3) is 5.91 Å². The van der Waals surface area contributed by atoms with E-state index in [0.29, 0.717) is 16.3 Å². The van der Waals surface area contributed by atoms with Gasteiger partial charge in [-0.2, -0.15) is 0 Å². The van der Waals surface area contributed by atoms with Gasteiger partial charge < -0.3 is 10.2 Å². The summed E-state index contributed by atoms with van der Waals surface area (Å²) in [6, 6.07) is 11.3. The molecule has 2 aromatic carbocycles. The fraction of sp³-hybridized carbons (Fsp3) is 0.235. The highest BCUT2D eigenvalue weighted by Gasteiger charge is 2.18. The van der Waals surface area contributed by atoms with Gasteiger partial charge in [-0.25, -0.2) is 4.39 Å². The molecular formula is C17H16ClFN2O. The first-order valence-corrected chi connectivity index (χ1v) is 7.63. The summed E-state index contributed by atoms with van der Waals surface area (Å²) in [5.74, 6) is -0.714. The van der Waals surface area contributed by atoms with E-state index in [1.165, 1.54) is 12.1 Å². The van der Waals surface area contributed by atoms with Crippen LogP contribution in [0.4, 0.5) is 15.8 Å². The maximum absolute atomic E-state index is 13.6. The summed E-state index contributed by atoms with van der Waals surface area (Å²) in [5, 5.41) is 3.15. The number of carbonyl (C=O) groups excluding carboxylic acids is 1. The molecule has 0 unspecified atom stereocenters. The van der Waals surface area contributed by atoms with E-state index in [2.05, 4.69) is 10.2 Å². The summed E-state index contributed by atoms with van der Waals surface area (Å²) >= 11 is 6.04. The first-order chi connectivity index (χ1) is 10.6. The molecule has 0 spiro atoms. The van der Waals surface area contributed by atoms with Crippen LogP contribution in [0, 0.1) is 5.82 Å². The fourth-order valence-electron chi connectivity index (χ4n) is 2.68. The van der Waals surface area contributed by atoms with Gasteiger partial charge in [0.15, 0.2) is 0 Å². The first kappa shape index (κ1) is 14.9. The van der Waals surface area contributed by atoms with Crippen LogP contribution < -0.4 is 10.2 Å². The lowest BCUT2D eigenvalue weighted by Crippen LogP contribution is -2.21. The Balaban J connectivity index is 1.89. The number of hydrogen-bond donors (Lipinski definition) is 1. The summed E-state index contributed by atoms with van der Waals surface area (Å²) in [6.07, 6.45) is 2.21. The zero-order valence-corrected chi connectivity index (χ0v) is 12.7. The Labute approximate surface area is 133 Å². The Hall–Kier alpha value is -2.07. The predicted octanol–water partition coefficient (Wildman–Crippen LogP) is 4.33. The number of nitrogens with zero attached hydrogens (tertiary/aromatic N) is 1. The van der Waals surface area contributed by atoms with Crippen molar-refractivity contribution in [2.45, 2.75) is 12.8 Å². The van der Waals surface area contributed by atoms with Crippen LogP contribution in [0.5, 0.6) is 0 Å². The number of benzene rings is 2. The van der Waals surface area contributed by atoms with Gasteiger partial charge in [-0.15, -0.1) is 0 Å². The minimum Gasteiger partial charge on any atom is -0.370 e. The molecule has 0 bridgehead atoms. The Kier molecular flexibility index (Phi) is 4.29. The van der Waals surface area contributed by atoms with Crippen molar-refractivity contribution in [3.63, 3.8) is 0 Å². The van der Waals surface area contributed by atoms with Crippen LogP contribution in [0.3, 0.4) is 0 Å². The second-order valence-electron chi connectivity index (χ2n) is 5.29. The summed E-state index contributed by atoms with van der Waals surface area (Å²) in [7, 11) is 0. The SMILES string of the molecule is O=C(Nc1cc(F)ccc1N1CCCC1)c1ccccc1Cl. The highest BCUT2D eigenvalue weighted by Crippen LogP contribution is 2.30. The average Bonchev–Trinajstić information content (AvgIpc) is 3.02. The molecule has 1 aliphatic rings. The van der Waals surface area contributed by atoms with E-state index in [1.54, 1.807) is 30.3 Å². The maximum Gasteiger partial charge on any atom is 0.257 e. The molecule has 1 heterocycles. The van der Waals surface area contributed by atoms with Crippen LogP contribution >= 0.6 is 11.6 Å². The van der Waals surface area contributed by atoms with Gasteiger partial charge in [0.05, 0.1) is 22.0 Å². The number of rotatable bonds is 3. The number of hydrogen-bond acceptors (Lipinski definition) is 2. The summed E-state index contributed by atoms with van der Waals surface area (Å²) < 4.78 is 13.6. The third kappa shape index (κ3) is 3.07. The highest BCUT2D eigenvalue weighted by atomic mass is 35.5. The van der Waals surface area contributed by atoms with Crippen LogP contribution in [0.15, 0.2) is 42.5 Å². The van der Waals surface area contributed by atoms with Crippen LogP contribution in [0.2, 0.25) is 5.02 Å². The molecule has 0 aliphatic carbocycles. The predicted molar refractivity (Wildman–Crippen MR) is 87.3 cm³/mol. The van der Waals surface area contributed by atoms with Crippen LogP contribution in [-0.2, 0) is 0 Å². The second-order valence-corrected chi connectivity index (χ2v) is 5.70. The number of nitrogens with one attached hydrogen (secondary N) is 1. The molecule has 0 aromatic heterocycles. The van der Waals surface area contributed by atoms with E-state index in [0.717, 1.165) is 31.6 Å². The summed E-state index contributed by atoms with van der Waals surface area (Å²) in [6.45, 7) is 1.83. The molecule has 0 atom stereocenters. The van der Waals surface area contributed by atoms with E-state index in [4.69, 9.17) is 11.6 Å². The molecule has 5 heteroatoms. The number of halogens is 2. The lowest BCUT2D eigenvalue weighted by atomic mass is 10.2. The summed E-state index contributed by atoms with van der Waals surface area (Å²) in [5.41, 5.74) is 1.70. The number of amides is 1. The fourth-order valence-corrected chi connectivity index (χ4v) is 2.90. The Morgan fingerprint density at radius 2 is 1.86 bits per heavy atom. The van der Waals surface area contributed by atoms with Gasteiger partial charge >= 0.3 is 0 Å². The van der Waals surface area contributed by atoms with Crippen LogP contribution in [0.25, 0.3) is 0 Å². The van der Waals surface area contributed by atoms with E-state index in [9.17, 15) is 9.18 Å². The topological polar surface area (TPSA) is 32.3 Å². The zero-order valence-electron chi connectivity index (χ0n) is 12.0. The quantitative estimate of drug-likeness (QED) is 0.913. The van der Waals surface area contributed by atoms with Crippen molar-refractivity contribution in [3.05, 3.63) is 58.9 Å². The van der Waals surface area contributed by atoms with Crippen molar-refractivity contribution >= 4 is 28.9 Å². The smallest absolute Gasteiger partial charge is 0.257 e. The normalized spacial score (nSPS) is 14.2. The third-order valence-electron chi connectivity index (χ3n) is 3.77. The molecule has 1 N–H and O–H groups in total. The summed E-state index contributed by atoms with van der Waals surface area (Å²) in [4.78, 5) is 14.5. The monoisotopic (exact) mass is 318 g/mol. The van der Waals surface area contributed by atoms with E-state index < -0.39 is 0 Å². The molecule has 22 heavy (non-hydrogen) atoms. The van der Waals surface area contributed by atoms with Gasteiger partial charge in [-0.1, -0.05) is 23.7 Å². The van der Waals surface area contributed by atoms with Gasteiger partial charge in [-0.05, 0) is 43.2 Å². The number of anilines is 2. The lowest BCUT2D eigenvalue weighted by Gasteiger charge is -2.21.